The van der Waals surface area contributed by atoms with E-state index in [0.29, 0.717) is 16.4 Å². The van der Waals surface area contributed by atoms with Gasteiger partial charge in [0.05, 0.1) is 17.2 Å². The molecule has 2 N–H and O–H groups in total. The molecule has 0 radical (unpaired) electrons. The zero-order valence-corrected chi connectivity index (χ0v) is 14.2. The number of nitrogens with one attached hydrogen (secondary N) is 2. The maximum atomic E-state index is 12.1. The van der Waals surface area contributed by atoms with Crippen molar-refractivity contribution in [3.63, 3.8) is 0 Å². The number of halogens is 1. The molecule has 0 atom stereocenters. The van der Waals surface area contributed by atoms with Gasteiger partial charge < -0.3 is 10.3 Å². The van der Waals surface area contributed by atoms with Crippen molar-refractivity contribution in [1.29, 1.82) is 0 Å². The zero-order chi connectivity index (χ0) is 17.1. The summed E-state index contributed by atoms with van der Waals surface area (Å²) in [5.74, 6) is -0.111. The predicted octanol–water partition coefficient (Wildman–Crippen LogP) is 2.79. The summed E-state index contributed by atoms with van der Waals surface area (Å²) in [4.78, 5) is 35.3. The number of hydrogen-bond donors (Lipinski definition) is 2. The van der Waals surface area contributed by atoms with Crippen molar-refractivity contribution in [2.24, 2.45) is 0 Å². The van der Waals surface area contributed by atoms with E-state index >= 15 is 0 Å². The largest absolute Gasteiger partial charge is 0.346 e. The number of carbonyl (C=O) groups excluding carboxylic acids is 1. The smallest absolute Gasteiger partial charge is 0.264 e. The van der Waals surface area contributed by atoms with Crippen molar-refractivity contribution >= 4 is 28.8 Å². The lowest BCUT2D eigenvalue weighted by molar-refractivity contribution is 0.0948. The highest BCUT2D eigenvalue weighted by molar-refractivity contribution is 7.09. The topological polar surface area (TPSA) is 87.7 Å². The quantitative estimate of drug-likeness (QED) is 0.748. The van der Waals surface area contributed by atoms with Crippen LogP contribution in [0.2, 0.25) is 5.02 Å². The second-order valence-electron chi connectivity index (χ2n) is 5.02. The van der Waals surface area contributed by atoms with Crippen LogP contribution in [0.25, 0.3) is 11.4 Å². The molecule has 0 aliphatic rings. The van der Waals surface area contributed by atoms with Gasteiger partial charge in [0.2, 0.25) is 0 Å². The Morgan fingerprint density at radius 1 is 1.33 bits per heavy atom. The number of aryl methyl sites for hydroxylation is 1. The fourth-order valence-electron chi connectivity index (χ4n) is 2.07. The van der Waals surface area contributed by atoms with Gasteiger partial charge in [0.25, 0.3) is 11.5 Å². The Labute approximate surface area is 146 Å². The average Bonchev–Trinajstić information content (AvgIpc) is 2.99. The second kappa shape index (κ2) is 6.94. The third kappa shape index (κ3) is 3.69. The Balaban J connectivity index is 1.75. The molecule has 122 valence electrons. The van der Waals surface area contributed by atoms with Crippen molar-refractivity contribution in [2.45, 2.75) is 13.5 Å². The number of thiazole rings is 1. The number of carbonyl (C=O) groups is 1. The molecule has 1 aromatic carbocycles. The van der Waals surface area contributed by atoms with E-state index in [2.05, 4.69) is 20.3 Å². The summed E-state index contributed by atoms with van der Waals surface area (Å²) in [6.07, 6.45) is 1.27. The lowest BCUT2D eigenvalue weighted by atomic mass is 10.2. The van der Waals surface area contributed by atoms with Crippen LogP contribution in [-0.4, -0.2) is 20.9 Å². The lowest BCUT2D eigenvalue weighted by Crippen LogP contribution is -2.29. The van der Waals surface area contributed by atoms with Gasteiger partial charge in [-0.3, -0.25) is 9.59 Å². The van der Waals surface area contributed by atoms with Crippen LogP contribution in [0, 0.1) is 6.92 Å². The molecule has 2 aromatic heterocycles. The third-order valence-electron chi connectivity index (χ3n) is 3.26. The molecule has 0 aliphatic heterocycles. The Morgan fingerprint density at radius 3 is 2.71 bits per heavy atom. The van der Waals surface area contributed by atoms with Crippen LogP contribution in [0.5, 0.6) is 0 Å². The molecule has 3 aromatic rings. The molecule has 24 heavy (non-hydrogen) atoms. The minimum absolute atomic E-state index is 0.0420. The molecule has 2 heterocycles. The van der Waals surface area contributed by atoms with Gasteiger partial charge in [0.1, 0.15) is 11.4 Å². The van der Waals surface area contributed by atoms with Crippen molar-refractivity contribution < 1.29 is 4.79 Å². The highest BCUT2D eigenvalue weighted by atomic mass is 35.5. The van der Waals surface area contributed by atoms with Gasteiger partial charge >= 0.3 is 0 Å². The number of amides is 1. The molecule has 8 heteroatoms. The van der Waals surface area contributed by atoms with Crippen molar-refractivity contribution in [3.8, 4) is 11.4 Å². The van der Waals surface area contributed by atoms with E-state index < -0.39 is 11.5 Å². The standard InChI is InChI=1S/C16H13ClN4O2S/c1-9-20-12(8-24-9)6-19-15(22)13-7-18-14(21-16(13)23)10-2-4-11(17)5-3-10/h2-5,7-8H,6H2,1H3,(H,19,22)(H,18,21,23). The molecule has 6 nitrogen and oxygen atoms in total. The van der Waals surface area contributed by atoms with Crippen molar-refractivity contribution in [3.05, 3.63) is 67.5 Å². The van der Waals surface area contributed by atoms with Gasteiger partial charge in [-0.2, -0.15) is 0 Å². The summed E-state index contributed by atoms with van der Waals surface area (Å²) in [5, 5.41) is 6.04. The van der Waals surface area contributed by atoms with Crippen molar-refractivity contribution in [2.75, 3.05) is 0 Å². The number of nitrogens with zero attached hydrogens (tertiary/aromatic N) is 2. The van der Waals surface area contributed by atoms with E-state index in [4.69, 9.17) is 11.6 Å². The summed E-state index contributed by atoms with van der Waals surface area (Å²) in [6.45, 7) is 2.15. The van der Waals surface area contributed by atoms with Crippen LogP contribution >= 0.6 is 22.9 Å². The summed E-state index contributed by atoms with van der Waals surface area (Å²) >= 11 is 7.34. The molecule has 0 saturated heterocycles. The van der Waals surface area contributed by atoms with Crippen LogP contribution in [0.4, 0.5) is 0 Å². The average molecular weight is 361 g/mol. The molecular weight excluding hydrogens is 348 g/mol. The van der Waals surface area contributed by atoms with E-state index in [1.807, 2.05) is 12.3 Å². The zero-order valence-electron chi connectivity index (χ0n) is 12.7. The van der Waals surface area contributed by atoms with Gasteiger partial charge in [-0.25, -0.2) is 9.97 Å². The van der Waals surface area contributed by atoms with Crippen LogP contribution in [0.1, 0.15) is 21.1 Å². The van der Waals surface area contributed by atoms with Crippen LogP contribution in [0.3, 0.4) is 0 Å². The summed E-state index contributed by atoms with van der Waals surface area (Å²) in [5.41, 5.74) is 0.927. The maximum Gasteiger partial charge on any atom is 0.264 e. The van der Waals surface area contributed by atoms with Gasteiger partial charge in [-0.15, -0.1) is 11.3 Å². The fraction of sp³-hybridized carbons (Fsp3) is 0.125. The maximum absolute atomic E-state index is 12.1. The van der Waals surface area contributed by atoms with E-state index in [1.165, 1.54) is 17.5 Å². The molecule has 3 rings (SSSR count). The van der Waals surface area contributed by atoms with E-state index in [1.54, 1.807) is 24.3 Å². The molecule has 0 saturated carbocycles. The Bertz CT molecular complexity index is 934. The fourth-order valence-corrected chi connectivity index (χ4v) is 2.81. The van der Waals surface area contributed by atoms with E-state index in [0.717, 1.165) is 10.7 Å². The molecule has 0 unspecified atom stereocenters. The highest BCUT2D eigenvalue weighted by Crippen LogP contribution is 2.16. The van der Waals surface area contributed by atoms with Crippen LogP contribution in [0.15, 0.2) is 40.6 Å². The van der Waals surface area contributed by atoms with E-state index in [9.17, 15) is 9.59 Å². The number of hydrogen-bond acceptors (Lipinski definition) is 5. The van der Waals surface area contributed by atoms with Crippen molar-refractivity contribution in [1.82, 2.24) is 20.3 Å². The summed E-state index contributed by atoms with van der Waals surface area (Å²) < 4.78 is 0. The van der Waals surface area contributed by atoms with Crippen LogP contribution < -0.4 is 10.9 Å². The highest BCUT2D eigenvalue weighted by Gasteiger charge is 2.13. The molecule has 0 spiro atoms. The minimum atomic E-state index is -0.498. The minimum Gasteiger partial charge on any atom is -0.346 e. The normalized spacial score (nSPS) is 10.6. The first-order valence-corrected chi connectivity index (χ1v) is 8.33. The van der Waals surface area contributed by atoms with Gasteiger partial charge in [-0.1, -0.05) is 11.6 Å². The van der Waals surface area contributed by atoms with Gasteiger partial charge in [0, 0.05) is 22.2 Å². The van der Waals surface area contributed by atoms with Gasteiger partial charge in [-0.05, 0) is 31.2 Å². The number of rotatable bonds is 4. The molecule has 0 bridgehead atoms. The first kappa shape index (κ1) is 16.4. The number of aromatic amines is 1. The molecular formula is C16H13ClN4O2S. The number of aromatic nitrogens is 3. The summed E-state index contributed by atoms with van der Waals surface area (Å²) in [6, 6.07) is 6.89. The molecule has 0 aliphatic carbocycles. The first-order valence-electron chi connectivity index (χ1n) is 7.07. The second-order valence-corrected chi connectivity index (χ2v) is 6.52. The van der Waals surface area contributed by atoms with Gasteiger partial charge in [0.15, 0.2) is 0 Å². The Hall–Kier alpha value is -2.51. The summed E-state index contributed by atoms with van der Waals surface area (Å²) in [7, 11) is 0. The molecule has 0 fully saturated rings. The molecule has 1 amide bonds. The third-order valence-corrected chi connectivity index (χ3v) is 4.33. The number of H-pyrrole nitrogens is 1. The Morgan fingerprint density at radius 2 is 2.08 bits per heavy atom. The van der Waals surface area contributed by atoms with Crippen LogP contribution in [-0.2, 0) is 6.54 Å². The monoisotopic (exact) mass is 360 g/mol. The predicted molar refractivity (Wildman–Crippen MR) is 93.3 cm³/mol. The SMILES string of the molecule is Cc1nc(CNC(=O)c2cnc(-c3ccc(Cl)cc3)[nH]c2=O)cs1. The lowest BCUT2D eigenvalue weighted by Gasteiger charge is -2.04. The van der Waals surface area contributed by atoms with E-state index in [-0.39, 0.29) is 12.1 Å². The first-order chi connectivity index (χ1) is 11.5. The Kier molecular flexibility index (Phi) is 4.73. The number of benzene rings is 1.